The lowest BCUT2D eigenvalue weighted by Crippen LogP contribution is -1.93. The molecule has 1 N–H and O–H groups in total. The number of aromatic nitrogens is 4. The first kappa shape index (κ1) is 7.42. The fraction of sp³-hybridized carbons (Fsp3) is 0.286. The van der Waals surface area contributed by atoms with E-state index in [0.29, 0.717) is 10.4 Å². The van der Waals surface area contributed by atoms with Crippen molar-refractivity contribution in [2.45, 2.75) is 13.8 Å². The molecule has 4 nitrogen and oxygen atoms in total. The van der Waals surface area contributed by atoms with Crippen molar-refractivity contribution < 1.29 is 0 Å². The molecule has 0 radical (unpaired) electrons. The molecular formula is C7H8N4S. The van der Waals surface area contributed by atoms with Gasteiger partial charge in [0.2, 0.25) is 0 Å². The molecule has 0 aromatic carbocycles. The summed E-state index contributed by atoms with van der Waals surface area (Å²) in [5.74, 6) is 1.46. The average Bonchev–Trinajstić information content (AvgIpc) is 2.29. The number of aryl methyl sites for hydroxylation is 2. The van der Waals surface area contributed by atoms with E-state index in [9.17, 15) is 0 Å². The molecule has 2 rings (SSSR count). The maximum Gasteiger partial charge on any atom is 0.252 e. The van der Waals surface area contributed by atoms with E-state index in [1.54, 1.807) is 4.52 Å². The molecule has 2 aromatic rings. The van der Waals surface area contributed by atoms with Crippen molar-refractivity contribution >= 4 is 18.0 Å². The van der Waals surface area contributed by atoms with Crippen molar-refractivity contribution in [2.24, 2.45) is 0 Å². The van der Waals surface area contributed by atoms with Gasteiger partial charge in [0.15, 0.2) is 0 Å². The van der Waals surface area contributed by atoms with Crippen molar-refractivity contribution in [1.29, 1.82) is 0 Å². The Labute approximate surface area is 74.3 Å². The van der Waals surface area contributed by atoms with E-state index in [0.717, 1.165) is 11.5 Å². The number of nitrogens with one attached hydrogen (secondary N) is 1. The summed E-state index contributed by atoms with van der Waals surface area (Å²) in [6.45, 7) is 3.78. The summed E-state index contributed by atoms with van der Waals surface area (Å²) in [4.78, 5) is 8.38. The minimum absolute atomic E-state index is 0.637. The Morgan fingerprint density at radius 1 is 1.42 bits per heavy atom. The minimum Gasteiger partial charge on any atom is -0.277 e. The maximum absolute atomic E-state index is 5.11. The summed E-state index contributed by atoms with van der Waals surface area (Å²) in [6.07, 6.45) is 0. The molecule has 0 amide bonds. The lowest BCUT2D eigenvalue weighted by Gasteiger charge is -1.92. The van der Waals surface area contributed by atoms with E-state index < -0.39 is 0 Å². The molecule has 0 aliphatic heterocycles. The summed E-state index contributed by atoms with van der Waals surface area (Å²) >= 11 is 5.11. The van der Waals surface area contributed by atoms with Gasteiger partial charge in [0.25, 0.3) is 5.78 Å². The summed E-state index contributed by atoms with van der Waals surface area (Å²) in [5.41, 5.74) is 0.895. The van der Waals surface area contributed by atoms with E-state index in [4.69, 9.17) is 12.2 Å². The van der Waals surface area contributed by atoms with E-state index in [2.05, 4.69) is 15.1 Å². The first-order valence-corrected chi connectivity index (χ1v) is 4.00. The zero-order chi connectivity index (χ0) is 8.72. The molecule has 2 aromatic heterocycles. The predicted molar refractivity (Wildman–Crippen MR) is 47.6 cm³/mol. The van der Waals surface area contributed by atoms with Gasteiger partial charge in [0.1, 0.15) is 10.5 Å². The van der Waals surface area contributed by atoms with Crippen LogP contribution < -0.4 is 0 Å². The molecule has 62 valence electrons. The zero-order valence-corrected chi connectivity index (χ0v) is 7.64. The van der Waals surface area contributed by atoms with Crippen LogP contribution in [0.2, 0.25) is 0 Å². The third kappa shape index (κ3) is 1.02. The van der Waals surface area contributed by atoms with E-state index in [-0.39, 0.29) is 0 Å². The quantitative estimate of drug-likeness (QED) is 0.623. The van der Waals surface area contributed by atoms with Gasteiger partial charge in [0, 0.05) is 5.69 Å². The number of nitrogens with zero attached hydrogens (tertiary/aromatic N) is 3. The second-order valence-corrected chi connectivity index (χ2v) is 3.10. The number of fused-ring (bicyclic) bond motifs is 1. The Kier molecular flexibility index (Phi) is 1.47. The molecule has 2 heterocycles. The number of hydrogen-bond donors (Lipinski definition) is 1. The van der Waals surface area contributed by atoms with Crippen LogP contribution in [-0.4, -0.2) is 19.6 Å². The van der Waals surface area contributed by atoms with Gasteiger partial charge in [0.05, 0.1) is 0 Å². The molecule has 0 bridgehead atoms. The van der Waals surface area contributed by atoms with Crippen LogP contribution in [0.5, 0.6) is 0 Å². The van der Waals surface area contributed by atoms with Crippen LogP contribution in [0.1, 0.15) is 11.5 Å². The Morgan fingerprint density at radius 3 is 2.92 bits per heavy atom. The molecule has 0 atom stereocenters. The summed E-state index contributed by atoms with van der Waals surface area (Å²) < 4.78 is 2.40. The van der Waals surface area contributed by atoms with Crippen LogP contribution in [-0.2, 0) is 0 Å². The van der Waals surface area contributed by atoms with Crippen molar-refractivity contribution in [2.75, 3.05) is 0 Å². The van der Waals surface area contributed by atoms with Crippen molar-refractivity contribution in [1.82, 2.24) is 19.6 Å². The third-order valence-electron chi connectivity index (χ3n) is 1.57. The van der Waals surface area contributed by atoms with Crippen molar-refractivity contribution in [3.05, 3.63) is 22.2 Å². The van der Waals surface area contributed by atoms with Crippen molar-refractivity contribution in [3.8, 4) is 0 Å². The average molecular weight is 180 g/mol. The van der Waals surface area contributed by atoms with Crippen molar-refractivity contribution in [3.63, 3.8) is 0 Å². The zero-order valence-electron chi connectivity index (χ0n) is 6.83. The van der Waals surface area contributed by atoms with Gasteiger partial charge in [-0.1, -0.05) is 12.2 Å². The number of H-pyrrole nitrogens is 1. The molecule has 0 aliphatic carbocycles. The van der Waals surface area contributed by atoms with Gasteiger partial charge in [-0.05, 0) is 19.9 Å². The van der Waals surface area contributed by atoms with E-state index in [1.807, 2.05) is 19.9 Å². The Bertz CT molecular complexity index is 482. The highest BCUT2D eigenvalue weighted by molar-refractivity contribution is 7.71. The Balaban J connectivity index is 2.98. The fourth-order valence-corrected chi connectivity index (χ4v) is 1.40. The molecule has 0 aliphatic rings. The van der Waals surface area contributed by atoms with Gasteiger partial charge in [-0.3, -0.25) is 5.10 Å². The molecule has 0 spiro atoms. The van der Waals surface area contributed by atoms with E-state index in [1.165, 1.54) is 0 Å². The van der Waals surface area contributed by atoms with Gasteiger partial charge >= 0.3 is 0 Å². The van der Waals surface area contributed by atoms with Gasteiger partial charge in [-0.15, -0.1) is 0 Å². The topological polar surface area (TPSA) is 46.0 Å². The molecule has 5 heteroatoms. The highest BCUT2D eigenvalue weighted by atomic mass is 32.1. The highest BCUT2D eigenvalue weighted by Gasteiger charge is 1.99. The molecule has 0 saturated heterocycles. The number of aromatic amines is 1. The van der Waals surface area contributed by atoms with Gasteiger partial charge in [-0.25, -0.2) is 9.50 Å². The lowest BCUT2D eigenvalue weighted by atomic mass is 10.5. The molecule has 0 saturated carbocycles. The predicted octanol–water partition coefficient (Wildman–Crippen LogP) is 1.40. The third-order valence-corrected chi connectivity index (χ3v) is 1.87. The van der Waals surface area contributed by atoms with Gasteiger partial charge in [-0.2, -0.15) is 4.98 Å². The van der Waals surface area contributed by atoms with Crippen LogP contribution in [0.15, 0.2) is 6.07 Å². The second-order valence-electron chi connectivity index (χ2n) is 2.68. The smallest absolute Gasteiger partial charge is 0.252 e. The summed E-state index contributed by atoms with van der Waals surface area (Å²) in [6, 6.07) is 1.83. The lowest BCUT2D eigenvalue weighted by molar-refractivity contribution is 0.896. The van der Waals surface area contributed by atoms with Crippen LogP contribution in [0.3, 0.4) is 0 Å². The molecular weight excluding hydrogens is 172 g/mol. The first-order chi connectivity index (χ1) is 5.66. The molecule has 0 fully saturated rings. The van der Waals surface area contributed by atoms with Crippen LogP contribution >= 0.6 is 12.2 Å². The monoisotopic (exact) mass is 180 g/mol. The number of rotatable bonds is 0. The normalized spacial score (nSPS) is 10.8. The summed E-state index contributed by atoms with van der Waals surface area (Å²) in [5, 5.41) is 2.99. The minimum atomic E-state index is 0.637. The van der Waals surface area contributed by atoms with E-state index >= 15 is 0 Å². The largest absolute Gasteiger partial charge is 0.277 e. The maximum atomic E-state index is 5.11. The van der Waals surface area contributed by atoms with Gasteiger partial charge < -0.3 is 0 Å². The van der Waals surface area contributed by atoms with Crippen LogP contribution in [0, 0.1) is 18.5 Å². The fourth-order valence-electron chi connectivity index (χ4n) is 1.10. The summed E-state index contributed by atoms with van der Waals surface area (Å²) in [7, 11) is 0. The standard InChI is InChI=1S/C7H8N4S/c1-4-3-6(12)11-7(8-4)9-5(2)10-11/h3H,1-2H3,(H,8,9,10). The Hall–Kier alpha value is -1.23. The van der Waals surface area contributed by atoms with Crippen LogP contribution in [0.25, 0.3) is 5.78 Å². The molecule has 0 unspecified atom stereocenters. The van der Waals surface area contributed by atoms with Crippen LogP contribution in [0.4, 0.5) is 0 Å². The SMILES string of the molecule is Cc1cc(=S)n2[nH]c(C)nc2n1. The number of hydrogen-bond acceptors (Lipinski definition) is 3. The Morgan fingerprint density at radius 2 is 2.17 bits per heavy atom. The highest BCUT2D eigenvalue weighted by Crippen LogP contribution is 2.01. The second kappa shape index (κ2) is 2.38. The molecule has 12 heavy (non-hydrogen) atoms. The first-order valence-electron chi connectivity index (χ1n) is 3.60.